The molecule has 12 heteroatoms. The molecule has 0 amide bonds. The Kier molecular flexibility index (Phi) is 6.12. The van der Waals surface area contributed by atoms with Crippen LogP contribution in [0.25, 0.3) is 11.0 Å². The van der Waals surface area contributed by atoms with Crippen molar-refractivity contribution >= 4 is 49.9 Å². The number of nitrogens with zero attached hydrogens (tertiary/aromatic N) is 2. The van der Waals surface area contributed by atoms with Gasteiger partial charge in [-0.15, -0.1) is 5.10 Å². The van der Waals surface area contributed by atoms with Crippen molar-refractivity contribution in [1.29, 1.82) is 0 Å². The summed E-state index contributed by atoms with van der Waals surface area (Å²) in [5.74, 6) is 3.11. The number of benzene rings is 2. The van der Waals surface area contributed by atoms with Crippen LogP contribution in [0.1, 0.15) is 11.1 Å². The van der Waals surface area contributed by atoms with Gasteiger partial charge >= 0.3 is 0 Å². The van der Waals surface area contributed by atoms with E-state index < -0.39 is 32.9 Å². The van der Waals surface area contributed by atoms with E-state index >= 15 is 4.39 Å². The number of hydrogen-bond donors (Lipinski definition) is 2. The summed E-state index contributed by atoms with van der Waals surface area (Å²) < 4.78 is 61.8. The van der Waals surface area contributed by atoms with Crippen LogP contribution in [0.5, 0.6) is 5.88 Å². The summed E-state index contributed by atoms with van der Waals surface area (Å²) in [5.41, 5.74) is -0.364. The van der Waals surface area contributed by atoms with E-state index in [1.807, 2.05) is 0 Å². The highest BCUT2D eigenvalue weighted by molar-refractivity contribution is 7.92. The van der Waals surface area contributed by atoms with Crippen molar-refractivity contribution in [2.75, 3.05) is 11.8 Å². The molecule has 2 heterocycles. The Morgan fingerprint density at radius 3 is 2.70 bits per heavy atom. The third-order valence-electron chi connectivity index (χ3n) is 4.45. The highest BCUT2D eigenvalue weighted by atomic mass is 35.5. The summed E-state index contributed by atoms with van der Waals surface area (Å²) in [6.07, 6.45) is 1.39. The van der Waals surface area contributed by atoms with E-state index in [1.54, 1.807) is 6.07 Å². The van der Waals surface area contributed by atoms with Crippen LogP contribution >= 0.6 is 23.2 Å². The van der Waals surface area contributed by atoms with E-state index in [4.69, 9.17) is 27.9 Å². The number of aromatic nitrogens is 3. The van der Waals surface area contributed by atoms with Gasteiger partial charge in [0.25, 0.3) is 10.0 Å². The first-order valence-corrected chi connectivity index (χ1v) is 11.3. The molecule has 7 nitrogen and oxygen atoms in total. The number of sulfonamides is 1. The molecular weight excluding hydrogens is 497 g/mol. The molecule has 168 valence electrons. The first-order chi connectivity index (χ1) is 15.7. The van der Waals surface area contributed by atoms with E-state index in [-0.39, 0.29) is 20.8 Å². The number of ether oxygens (including phenoxy) is 1. The van der Waals surface area contributed by atoms with Crippen LogP contribution in [-0.2, 0) is 10.0 Å². The van der Waals surface area contributed by atoms with Crippen LogP contribution in [0.2, 0.25) is 10.0 Å². The maximum Gasteiger partial charge on any atom is 0.263 e. The summed E-state index contributed by atoms with van der Waals surface area (Å²) in [6.45, 7) is 0. The Morgan fingerprint density at radius 2 is 1.94 bits per heavy atom. The number of anilines is 1. The van der Waals surface area contributed by atoms with Crippen LogP contribution in [0.3, 0.4) is 0 Å². The summed E-state index contributed by atoms with van der Waals surface area (Å²) in [7, 11) is -2.89. The number of pyridine rings is 1. The molecule has 0 aliphatic heterocycles. The smallest absolute Gasteiger partial charge is 0.263 e. The molecule has 2 aromatic heterocycles. The average Bonchev–Trinajstić information content (AvgIpc) is 3.19. The Hall–Kier alpha value is -3.39. The molecule has 2 aromatic carbocycles. The van der Waals surface area contributed by atoms with Crippen LogP contribution in [0, 0.1) is 23.5 Å². The number of nitrogens with one attached hydrogen (secondary N) is 2. The predicted octanol–water partition coefficient (Wildman–Crippen LogP) is 4.75. The van der Waals surface area contributed by atoms with E-state index in [0.717, 1.165) is 12.1 Å². The molecule has 33 heavy (non-hydrogen) atoms. The van der Waals surface area contributed by atoms with Crippen molar-refractivity contribution in [1.82, 2.24) is 15.2 Å². The standard InChI is InChI=1S/C21H12Cl2F2N4O3S/c1-32-21-13-9-11(10-26-20(13)27-28-21)5-6-12-15(24)7-8-16(19(12)25)29-33(30,31)17-4-2-3-14(22)18(17)23/h2-4,7-10,29H,1H3,(H,26,27,28). The largest absolute Gasteiger partial charge is 0.479 e. The summed E-state index contributed by atoms with van der Waals surface area (Å²) in [4.78, 5) is 3.76. The summed E-state index contributed by atoms with van der Waals surface area (Å²) in [6, 6.07) is 7.40. The average molecular weight is 509 g/mol. The van der Waals surface area contributed by atoms with Gasteiger partial charge in [-0.05, 0) is 30.3 Å². The molecule has 0 atom stereocenters. The van der Waals surface area contributed by atoms with Gasteiger partial charge in [-0.1, -0.05) is 41.1 Å². The number of aromatic amines is 1. The Bertz CT molecular complexity index is 1560. The van der Waals surface area contributed by atoms with Gasteiger partial charge in [-0.2, -0.15) is 0 Å². The van der Waals surface area contributed by atoms with Gasteiger partial charge in [0.15, 0.2) is 11.5 Å². The van der Waals surface area contributed by atoms with E-state index in [9.17, 15) is 12.8 Å². The second kappa shape index (κ2) is 8.86. The van der Waals surface area contributed by atoms with Crippen LogP contribution in [-0.4, -0.2) is 30.7 Å². The highest BCUT2D eigenvalue weighted by Crippen LogP contribution is 2.31. The number of H-pyrrole nitrogens is 1. The lowest BCUT2D eigenvalue weighted by molar-refractivity contribution is 0.401. The zero-order valence-electron chi connectivity index (χ0n) is 16.6. The van der Waals surface area contributed by atoms with Crippen LogP contribution in [0.4, 0.5) is 14.5 Å². The van der Waals surface area contributed by atoms with Gasteiger partial charge in [0.2, 0.25) is 5.88 Å². The molecule has 0 unspecified atom stereocenters. The predicted molar refractivity (Wildman–Crippen MR) is 120 cm³/mol. The Balaban J connectivity index is 1.71. The van der Waals surface area contributed by atoms with Gasteiger partial charge in [0.1, 0.15) is 10.7 Å². The molecule has 0 aliphatic rings. The minimum absolute atomic E-state index is 0.00510. The molecular formula is C21H12Cl2F2N4O3S. The topological polar surface area (TPSA) is 97.0 Å². The monoisotopic (exact) mass is 508 g/mol. The lowest BCUT2D eigenvalue weighted by Crippen LogP contribution is -2.15. The summed E-state index contributed by atoms with van der Waals surface area (Å²) in [5, 5.41) is 6.90. The van der Waals surface area contributed by atoms with Crippen molar-refractivity contribution in [3.8, 4) is 17.7 Å². The zero-order chi connectivity index (χ0) is 23.8. The maximum absolute atomic E-state index is 15.0. The molecule has 0 saturated carbocycles. The zero-order valence-corrected chi connectivity index (χ0v) is 18.9. The van der Waals surface area contributed by atoms with Gasteiger partial charge in [0, 0.05) is 11.8 Å². The minimum Gasteiger partial charge on any atom is -0.479 e. The van der Waals surface area contributed by atoms with Crippen molar-refractivity contribution < 1.29 is 21.9 Å². The van der Waals surface area contributed by atoms with Gasteiger partial charge in [0.05, 0.1) is 33.8 Å². The lowest BCUT2D eigenvalue weighted by atomic mass is 10.1. The molecule has 4 rings (SSSR count). The van der Waals surface area contributed by atoms with Crippen molar-refractivity contribution in [2.24, 2.45) is 0 Å². The van der Waals surface area contributed by atoms with E-state index in [2.05, 4.69) is 31.7 Å². The van der Waals surface area contributed by atoms with E-state index in [0.29, 0.717) is 16.6 Å². The minimum atomic E-state index is -4.32. The quantitative estimate of drug-likeness (QED) is 0.387. The molecule has 0 fully saturated rings. The fourth-order valence-electron chi connectivity index (χ4n) is 2.88. The number of halogens is 4. The molecule has 0 saturated heterocycles. The third-order valence-corrected chi connectivity index (χ3v) is 6.79. The normalized spacial score (nSPS) is 11.2. The van der Waals surface area contributed by atoms with Crippen molar-refractivity contribution in [2.45, 2.75) is 4.90 Å². The lowest BCUT2D eigenvalue weighted by Gasteiger charge is -2.12. The van der Waals surface area contributed by atoms with Gasteiger partial charge < -0.3 is 4.74 Å². The second-order valence-corrected chi connectivity index (χ2v) is 8.98. The maximum atomic E-state index is 15.0. The van der Waals surface area contributed by atoms with Crippen LogP contribution in [0.15, 0.2) is 47.5 Å². The molecule has 0 radical (unpaired) electrons. The number of fused-ring (bicyclic) bond motifs is 1. The first-order valence-electron chi connectivity index (χ1n) is 9.06. The van der Waals surface area contributed by atoms with Crippen LogP contribution < -0.4 is 9.46 Å². The molecule has 0 spiro atoms. The second-order valence-electron chi connectivity index (χ2n) is 6.54. The van der Waals surface area contributed by atoms with Gasteiger partial charge in [-0.3, -0.25) is 9.82 Å². The Labute approximate surface area is 196 Å². The Morgan fingerprint density at radius 1 is 1.15 bits per heavy atom. The molecule has 0 aliphatic carbocycles. The molecule has 4 aromatic rings. The SMILES string of the molecule is COc1n[nH]c2ncc(C#Cc3c(F)ccc(NS(=O)(=O)c4cccc(Cl)c4Cl)c3F)cc12. The molecule has 2 N–H and O–H groups in total. The summed E-state index contributed by atoms with van der Waals surface area (Å²) >= 11 is 11.8. The van der Waals surface area contributed by atoms with Gasteiger partial charge in [-0.25, -0.2) is 22.2 Å². The number of hydrogen-bond acceptors (Lipinski definition) is 5. The number of methoxy groups -OCH3 is 1. The molecule has 0 bridgehead atoms. The van der Waals surface area contributed by atoms with Crippen molar-refractivity contribution in [3.63, 3.8) is 0 Å². The third kappa shape index (κ3) is 4.43. The highest BCUT2D eigenvalue weighted by Gasteiger charge is 2.22. The van der Waals surface area contributed by atoms with Crippen molar-refractivity contribution in [3.05, 3.63) is 75.4 Å². The number of rotatable bonds is 4. The first kappa shape index (κ1) is 22.8. The fourth-order valence-corrected chi connectivity index (χ4v) is 4.70. The fraction of sp³-hybridized carbons (Fsp3) is 0.0476. The van der Waals surface area contributed by atoms with E-state index in [1.165, 1.54) is 31.5 Å².